The number of nitrogens with zero attached hydrogens (tertiary/aromatic N) is 2. The van der Waals surface area contributed by atoms with Crippen molar-refractivity contribution in [1.29, 1.82) is 0 Å². The Kier molecular flexibility index (Phi) is 4.83. The van der Waals surface area contributed by atoms with Gasteiger partial charge in [-0.15, -0.1) is 0 Å². The largest absolute Gasteiger partial charge is 0.507 e. The van der Waals surface area contributed by atoms with Crippen LogP contribution in [0.25, 0.3) is 0 Å². The third-order valence-electron chi connectivity index (χ3n) is 4.37. The van der Waals surface area contributed by atoms with Crippen molar-refractivity contribution in [2.24, 2.45) is 0 Å². The van der Waals surface area contributed by atoms with Crippen LogP contribution in [0.4, 0.5) is 0 Å². The maximum Gasteiger partial charge on any atom is 0.122 e. The van der Waals surface area contributed by atoms with E-state index in [1.807, 2.05) is 25.1 Å². The SMILES string of the molecule is CCN1CCC(N(C)Cc2cccc(C)c2O)CC1. The highest BCUT2D eigenvalue weighted by Gasteiger charge is 2.22. The lowest BCUT2D eigenvalue weighted by Crippen LogP contribution is -2.42. The van der Waals surface area contributed by atoms with Gasteiger partial charge in [-0.1, -0.05) is 25.1 Å². The Balaban J connectivity index is 1.94. The van der Waals surface area contributed by atoms with E-state index in [-0.39, 0.29) is 0 Å². The average Bonchev–Trinajstić information content (AvgIpc) is 2.44. The van der Waals surface area contributed by atoms with Crippen LogP contribution in [0.3, 0.4) is 0 Å². The first kappa shape index (κ1) is 14.4. The quantitative estimate of drug-likeness (QED) is 0.903. The fourth-order valence-electron chi connectivity index (χ4n) is 2.92. The fraction of sp³-hybridized carbons (Fsp3) is 0.625. The predicted octanol–water partition coefficient (Wildman–Crippen LogP) is 2.62. The van der Waals surface area contributed by atoms with Crippen molar-refractivity contribution >= 4 is 0 Å². The minimum absolute atomic E-state index is 0.459. The Hall–Kier alpha value is -1.06. The summed E-state index contributed by atoms with van der Waals surface area (Å²) in [4.78, 5) is 4.90. The zero-order valence-electron chi connectivity index (χ0n) is 12.4. The Morgan fingerprint density at radius 2 is 2.00 bits per heavy atom. The second-order valence-electron chi connectivity index (χ2n) is 5.66. The molecule has 1 aliphatic heterocycles. The van der Waals surface area contributed by atoms with E-state index in [0.717, 1.165) is 24.2 Å². The first-order valence-electron chi connectivity index (χ1n) is 7.32. The monoisotopic (exact) mass is 262 g/mol. The lowest BCUT2D eigenvalue weighted by atomic mass is 10.0. The first-order valence-corrected chi connectivity index (χ1v) is 7.32. The van der Waals surface area contributed by atoms with Crippen LogP contribution in [0, 0.1) is 6.92 Å². The van der Waals surface area contributed by atoms with Gasteiger partial charge in [-0.25, -0.2) is 0 Å². The molecular weight excluding hydrogens is 236 g/mol. The average molecular weight is 262 g/mol. The molecule has 1 aliphatic rings. The molecule has 106 valence electrons. The number of hydrogen-bond donors (Lipinski definition) is 1. The van der Waals surface area contributed by atoms with Crippen molar-refractivity contribution < 1.29 is 5.11 Å². The van der Waals surface area contributed by atoms with Gasteiger partial charge in [-0.3, -0.25) is 4.90 Å². The zero-order chi connectivity index (χ0) is 13.8. The third-order valence-corrected chi connectivity index (χ3v) is 4.37. The highest BCUT2D eigenvalue weighted by atomic mass is 16.3. The van der Waals surface area contributed by atoms with Gasteiger partial charge in [-0.2, -0.15) is 0 Å². The smallest absolute Gasteiger partial charge is 0.122 e. The van der Waals surface area contributed by atoms with Crippen LogP contribution in [-0.4, -0.2) is 47.6 Å². The van der Waals surface area contributed by atoms with Crippen LogP contribution in [-0.2, 0) is 6.54 Å². The molecule has 0 unspecified atom stereocenters. The molecule has 1 aromatic carbocycles. The summed E-state index contributed by atoms with van der Waals surface area (Å²) in [5, 5.41) is 10.1. The number of benzene rings is 1. The Labute approximate surface area is 116 Å². The van der Waals surface area contributed by atoms with Gasteiger partial charge in [0.25, 0.3) is 0 Å². The van der Waals surface area contributed by atoms with E-state index in [1.165, 1.54) is 25.9 Å². The van der Waals surface area contributed by atoms with Crippen molar-refractivity contribution in [3.8, 4) is 5.75 Å². The lowest BCUT2D eigenvalue weighted by molar-refractivity contribution is 0.126. The molecule has 0 spiro atoms. The summed E-state index contributed by atoms with van der Waals surface area (Å²) in [6.45, 7) is 8.59. The number of aryl methyl sites for hydroxylation is 1. The Bertz CT molecular complexity index is 411. The topological polar surface area (TPSA) is 26.7 Å². The normalized spacial score (nSPS) is 18.1. The van der Waals surface area contributed by atoms with E-state index < -0.39 is 0 Å². The van der Waals surface area contributed by atoms with E-state index in [2.05, 4.69) is 23.8 Å². The van der Waals surface area contributed by atoms with Gasteiger partial charge in [0.2, 0.25) is 0 Å². The third kappa shape index (κ3) is 3.48. The molecule has 3 nitrogen and oxygen atoms in total. The fourth-order valence-corrected chi connectivity index (χ4v) is 2.92. The predicted molar refractivity (Wildman–Crippen MR) is 79.4 cm³/mol. The maximum absolute atomic E-state index is 10.1. The summed E-state index contributed by atoms with van der Waals surface area (Å²) < 4.78 is 0. The van der Waals surface area contributed by atoms with Gasteiger partial charge in [0.15, 0.2) is 0 Å². The highest BCUT2D eigenvalue weighted by Crippen LogP contribution is 2.24. The molecule has 1 heterocycles. The van der Waals surface area contributed by atoms with Crippen molar-refractivity contribution in [2.75, 3.05) is 26.7 Å². The molecule has 3 heteroatoms. The summed E-state index contributed by atoms with van der Waals surface area (Å²) in [5.74, 6) is 0.459. The molecule has 0 atom stereocenters. The number of aromatic hydroxyl groups is 1. The van der Waals surface area contributed by atoms with Crippen molar-refractivity contribution in [1.82, 2.24) is 9.80 Å². The van der Waals surface area contributed by atoms with Crippen LogP contribution < -0.4 is 0 Å². The molecule has 1 N–H and O–H groups in total. The first-order chi connectivity index (χ1) is 9.11. The van der Waals surface area contributed by atoms with E-state index in [9.17, 15) is 5.11 Å². The van der Waals surface area contributed by atoms with Gasteiger partial charge in [0, 0.05) is 18.2 Å². The van der Waals surface area contributed by atoms with E-state index in [0.29, 0.717) is 11.8 Å². The molecule has 1 fully saturated rings. The molecular formula is C16H26N2O. The molecule has 0 bridgehead atoms. The number of phenolic OH excluding ortho intramolecular Hbond substituents is 1. The second kappa shape index (κ2) is 6.40. The van der Waals surface area contributed by atoms with Gasteiger partial charge in [0.05, 0.1) is 0 Å². The molecule has 0 amide bonds. The summed E-state index contributed by atoms with van der Waals surface area (Å²) in [6.07, 6.45) is 2.47. The maximum atomic E-state index is 10.1. The second-order valence-corrected chi connectivity index (χ2v) is 5.66. The molecule has 1 aromatic rings. The highest BCUT2D eigenvalue weighted by molar-refractivity contribution is 5.39. The number of para-hydroxylation sites is 1. The standard InChI is InChI=1S/C16H26N2O/c1-4-18-10-8-15(9-11-18)17(3)12-14-7-5-6-13(2)16(14)19/h5-7,15,19H,4,8-12H2,1-3H3. The lowest BCUT2D eigenvalue weighted by Gasteiger charge is -2.36. The number of likely N-dealkylation sites (tertiary alicyclic amines) is 1. The van der Waals surface area contributed by atoms with E-state index in [4.69, 9.17) is 0 Å². The summed E-state index contributed by atoms with van der Waals surface area (Å²) in [5.41, 5.74) is 2.01. The minimum Gasteiger partial charge on any atom is -0.507 e. The van der Waals surface area contributed by atoms with Gasteiger partial charge in [0.1, 0.15) is 5.75 Å². The minimum atomic E-state index is 0.459. The molecule has 2 rings (SSSR count). The molecule has 0 radical (unpaired) electrons. The molecule has 0 aliphatic carbocycles. The van der Waals surface area contributed by atoms with Gasteiger partial charge in [-0.05, 0) is 52.0 Å². The van der Waals surface area contributed by atoms with Crippen molar-refractivity contribution in [3.63, 3.8) is 0 Å². The van der Waals surface area contributed by atoms with Crippen molar-refractivity contribution in [3.05, 3.63) is 29.3 Å². The zero-order valence-corrected chi connectivity index (χ0v) is 12.4. The Morgan fingerprint density at radius 1 is 1.32 bits per heavy atom. The number of hydrogen-bond acceptors (Lipinski definition) is 3. The van der Waals surface area contributed by atoms with Crippen LogP contribution in [0.15, 0.2) is 18.2 Å². The number of phenols is 1. The van der Waals surface area contributed by atoms with E-state index >= 15 is 0 Å². The van der Waals surface area contributed by atoms with Crippen molar-refractivity contribution in [2.45, 2.75) is 39.3 Å². The molecule has 19 heavy (non-hydrogen) atoms. The van der Waals surface area contributed by atoms with E-state index in [1.54, 1.807) is 0 Å². The van der Waals surface area contributed by atoms with Gasteiger partial charge >= 0.3 is 0 Å². The number of rotatable bonds is 4. The summed E-state index contributed by atoms with van der Waals surface area (Å²) in [7, 11) is 2.17. The van der Waals surface area contributed by atoms with Crippen LogP contribution in [0.1, 0.15) is 30.9 Å². The number of piperidine rings is 1. The molecule has 1 saturated heterocycles. The summed E-state index contributed by atoms with van der Waals surface area (Å²) in [6, 6.07) is 6.65. The molecule has 0 aromatic heterocycles. The van der Waals surface area contributed by atoms with Gasteiger partial charge < -0.3 is 10.0 Å². The van der Waals surface area contributed by atoms with Crippen LogP contribution in [0.2, 0.25) is 0 Å². The van der Waals surface area contributed by atoms with Crippen LogP contribution >= 0.6 is 0 Å². The van der Waals surface area contributed by atoms with Crippen LogP contribution in [0.5, 0.6) is 5.75 Å². The molecule has 0 saturated carbocycles. The summed E-state index contributed by atoms with van der Waals surface area (Å²) >= 11 is 0. The Morgan fingerprint density at radius 3 is 2.63 bits per heavy atom.